The van der Waals surface area contributed by atoms with Gasteiger partial charge < -0.3 is 0 Å². The number of benzene rings is 1. The molecule has 1 nitrogen and oxygen atoms in total. The van der Waals surface area contributed by atoms with Gasteiger partial charge in [0, 0.05) is 5.56 Å². The van der Waals surface area contributed by atoms with Crippen LogP contribution in [0, 0.1) is 11.3 Å². The van der Waals surface area contributed by atoms with Crippen molar-refractivity contribution in [2.24, 2.45) is 11.3 Å². The molecule has 2 atom stereocenters. The molecular weight excluding hydrogens is 196 g/mol. The van der Waals surface area contributed by atoms with Crippen molar-refractivity contribution in [3.05, 3.63) is 60.7 Å². The number of ketones is 1. The highest BCUT2D eigenvalue weighted by Crippen LogP contribution is 2.58. The van der Waals surface area contributed by atoms with Gasteiger partial charge in [-0.15, -0.1) is 6.58 Å². The maximum Gasteiger partial charge on any atom is 0.173 e. The first-order chi connectivity index (χ1) is 7.62. The van der Waals surface area contributed by atoms with Crippen LogP contribution in [0.3, 0.4) is 0 Å². The molecule has 0 N–H and O–H groups in total. The van der Waals surface area contributed by atoms with Crippen molar-refractivity contribution in [1.82, 2.24) is 0 Å². The molecular formula is C15H16O. The molecule has 2 unspecified atom stereocenters. The zero-order valence-corrected chi connectivity index (χ0v) is 9.57. The smallest absolute Gasteiger partial charge is 0.173 e. The predicted molar refractivity (Wildman–Crippen MR) is 66.3 cm³/mol. The third kappa shape index (κ3) is 1.53. The Morgan fingerprint density at radius 2 is 2.06 bits per heavy atom. The van der Waals surface area contributed by atoms with E-state index in [0.29, 0.717) is 0 Å². The van der Waals surface area contributed by atoms with Crippen LogP contribution in [0.25, 0.3) is 0 Å². The summed E-state index contributed by atoms with van der Waals surface area (Å²) in [4.78, 5) is 12.4. The molecule has 0 bridgehead atoms. The van der Waals surface area contributed by atoms with Crippen molar-refractivity contribution < 1.29 is 4.79 Å². The molecule has 1 aliphatic rings. The van der Waals surface area contributed by atoms with Crippen molar-refractivity contribution in [2.45, 2.75) is 13.3 Å². The molecule has 0 heterocycles. The van der Waals surface area contributed by atoms with E-state index in [1.54, 1.807) is 6.08 Å². The fourth-order valence-electron chi connectivity index (χ4n) is 2.32. The summed E-state index contributed by atoms with van der Waals surface area (Å²) in [7, 11) is 0. The number of allylic oxidation sites excluding steroid dienone is 2. The second-order valence-electron chi connectivity index (χ2n) is 4.54. The highest BCUT2D eigenvalue weighted by Gasteiger charge is 2.57. The average molecular weight is 212 g/mol. The van der Waals surface area contributed by atoms with E-state index in [4.69, 9.17) is 0 Å². The maximum absolute atomic E-state index is 12.4. The van der Waals surface area contributed by atoms with Crippen LogP contribution in [0.5, 0.6) is 0 Å². The number of Topliss-reactive ketones (excluding diaryl/α,β-unsaturated/α-hetero) is 1. The molecule has 0 saturated heterocycles. The summed E-state index contributed by atoms with van der Waals surface area (Å²) < 4.78 is 0. The van der Waals surface area contributed by atoms with Crippen molar-refractivity contribution in [3.63, 3.8) is 0 Å². The SMILES string of the molecule is C=CC1(C(=O)c2ccccc2)CC1C(=C)C. The molecule has 0 radical (unpaired) electrons. The Bertz CT molecular complexity index is 444. The molecule has 0 aromatic heterocycles. The topological polar surface area (TPSA) is 17.1 Å². The van der Waals surface area contributed by atoms with Crippen molar-refractivity contribution in [2.75, 3.05) is 0 Å². The zero-order chi connectivity index (χ0) is 11.8. The Labute approximate surface area is 96.5 Å². The zero-order valence-electron chi connectivity index (χ0n) is 9.57. The Kier molecular flexibility index (Phi) is 2.55. The number of carbonyl (C=O) groups is 1. The molecule has 16 heavy (non-hydrogen) atoms. The van der Waals surface area contributed by atoms with Crippen LogP contribution in [0.4, 0.5) is 0 Å². The van der Waals surface area contributed by atoms with Gasteiger partial charge in [-0.05, 0) is 19.3 Å². The minimum atomic E-state index is -0.382. The fourth-order valence-corrected chi connectivity index (χ4v) is 2.32. The second kappa shape index (κ2) is 3.75. The van der Waals surface area contributed by atoms with Gasteiger partial charge in [-0.3, -0.25) is 4.79 Å². The molecule has 1 aromatic rings. The molecule has 1 fully saturated rings. The Balaban J connectivity index is 2.29. The third-order valence-electron chi connectivity index (χ3n) is 3.42. The lowest BCUT2D eigenvalue weighted by Crippen LogP contribution is -2.16. The van der Waals surface area contributed by atoms with Crippen LogP contribution < -0.4 is 0 Å². The second-order valence-corrected chi connectivity index (χ2v) is 4.54. The standard InChI is InChI=1S/C15H16O/c1-4-15(10-13(15)11(2)3)14(16)12-8-6-5-7-9-12/h4-9,13H,1-2,10H2,3H3. The van der Waals surface area contributed by atoms with Crippen LogP contribution in [0.15, 0.2) is 55.1 Å². The largest absolute Gasteiger partial charge is 0.293 e. The summed E-state index contributed by atoms with van der Waals surface area (Å²) in [6.07, 6.45) is 2.65. The lowest BCUT2D eigenvalue weighted by molar-refractivity contribution is 0.0923. The maximum atomic E-state index is 12.4. The van der Waals surface area contributed by atoms with E-state index < -0.39 is 0 Å². The van der Waals surface area contributed by atoms with Crippen LogP contribution in [0.1, 0.15) is 23.7 Å². The summed E-state index contributed by atoms with van der Waals surface area (Å²) in [5.41, 5.74) is 1.46. The van der Waals surface area contributed by atoms with E-state index in [9.17, 15) is 4.79 Å². The molecule has 1 aromatic carbocycles. The Morgan fingerprint density at radius 3 is 2.50 bits per heavy atom. The van der Waals surface area contributed by atoms with Crippen molar-refractivity contribution in [1.29, 1.82) is 0 Å². The van der Waals surface area contributed by atoms with Gasteiger partial charge in [-0.25, -0.2) is 0 Å². The van der Waals surface area contributed by atoms with Crippen LogP contribution in [-0.2, 0) is 0 Å². The predicted octanol–water partition coefficient (Wildman–Crippen LogP) is 3.64. The summed E-state index contributed by atoms with van der Waals surface area (Å²) in [6, 6.07) is 9.42. The molecule has 0 spiro atoms. The fraction of sp³-hybridized carbons (Fsp3) is 0.267. The molecule has 0 amide bonds. The van der Waals surface area contributed by atoms with E-state index in [1.165, 1.54) is 0 Å². The van der Waals surface area contributed by atoms with Gasteiger partial charge >= 0.3 is 0 Å². The molecule has 1 heteroatoms. The summed E-state index contributed by atoms with van der Waals surface area (Å²) in [5, 5.41) is 0. The van der Waals surface area contributed by atoms with Gasteiger partial charge in [0.2, 0.25) is 0 Å². The van der Waals surface area contributed by atoms with Gasteiger partial charge in [0.25, 0.3) is 0 Å². The number of hydrogen-bond donors (Lipinski definition) is 0. The number of hydrogen-bond acceptors (Lipinski definition) is 1. The van der Waals surface area contributed by atoms with E-state index in [1.807, 2.05) is 37.3 Å². The van der Waals surface area contributed by atoms with Crippen LogP contribution >= 0.6 is 0 Å². The first-order valence-electron chi connectivity index (χ1n) is 5.50. The third-order valence-corrected chi connectivity index (χ3v) is 3.42. The Hall–Kier alpha value is -1.63. The molecule has 1 aliphatic carbocycles. The minimum absolute atomic E-state index is 0.177. The van der Waals surface area contributed by atoms with Gasteiger partial charge in [0.05, 0.1) is 5.41 Å². The van der Waals surface area contributed by atoms with Crippen molar-refractivity contribution in [3.8, 4) is 0 Å². The summed E-state index contributed by atoms with van der Waals surface area (Å²) in [5.74, 6) is 0.453. The van der Waals surface area contributed by atoms with Gasteiger partial charge in [-0.2, -0.15) is 0 Å². The molecule has 2 rings (SSSR count). The highest BCUT2D eigenvalue weighted by atomic mass is 16.1. The average Bonchev–Trinajstić information content (AvgIpc) is 3.05. The molecule has 1 saturated carbocycles. The first-order valence-corrected chi connectivity index (χ1v) is 5.50. The monoisotopic (exact) mass is 212 g/mol. The summed E-state index contributed by atoms with van der Waals surface area (Å²) in [6.45, 7) is 9.73. The van der Waals surface area contributed by atoms with Crippen LogP contribution in [0.2, 0.25) is 0 Å². The van der Waals surface area contributed by atoms with E-state index in [0.717, 1.165) is 17.6 Å². The normalized spacial score (nSPS) is 27.2. The number of carbonyl (C=O) groups excluding carboxylic acids is 1. The molecule has 82 valence electrons. The van der Waals surface area contributed by atoms with Gasteiger partial charge in [0.15, 0.2) is 5.78 Å². The van der Waals surface area contributed by atoms with E-state index >= 15 is 0 Å². The minimum Gasteiger partial charge on any atom is -0.293 e. The lowest BCUT2D eigenvalue weighted by Gasteiger charge is -2.11. The quantitative estimate of drug-likeness (QED) is 0.550. The molecule has 0 aliphatic heterocycles. The van der Waals surface area contributed by atoms with E-state index in [2.05, 4.69) is 13.2 Å². The summed E-state index contributed by atoms with van der Waals surface area (Å²) >= 11 is 0. The van der Waals surface area contributed by atoms with Crippen molar-refractivity contribution >= 4 is 5.78 Å². The van der Waals surface area contributed by atoms with Crippen LogP contribution in [-0.4, -0.2) is 5.78 Å². The van der Waals surface area contributed by atoms with Gasteiger partial charge in [0.1, 0.15) is 0 Å². The van der Waals surface area contributed by atoms with Gasteiger partial charge in [-0.1, -0.05) is 48.6 Å². The number of rotatable bonds is 4. The lowest BCUT2D eigenvalue weighted by atomic mass is 9.91. The highest BCUT2D eigenvalue weighted by molar-refractivity contribution is 6.04. The van der Waals surface area contributed by atoms with E-state index in [-0.39, 0.29) is 17.1 Å². The first kappa shape index (κ1) is 10.9. The Morgan fingerprint density at radius 1 is 1.44 bits per heavy atom.